The van der Waals surface area contributed by atoms with Crippen molar-refractivity contribution in [3.63, 3.8) is 0 Å². The number of carboxylic acid groups (broad SMARTS) is 1. The van der Waals surface area contributed by atoms with Gasteiger partial charge in [-0.2, -0.15) is 0 Å². The summed E-state index contributed by atoms with van der Waals surface area (Å²) in [6.07, 6.45) is 0.477. The van der Waals surface area contributed by atoms with Gasteiger partial charge in [0.05, 0.1) is 18.2 Å². The van der Waals surface area contributed by atoms with Crippen LogP contribution in [-0.4, -0.2) is 46.8 Å². The number of hydrogen-bond acceptors (Lipinski definition) is 4. The first-order valence-electron chi connectivity index (χ1n) is 6.93. The summed E-state index contributed by atoms with van der Waals surface area (Å²) in [5.74, 6) is -0.624. The molecule has 2 amide bonds. The number of carbonyl (C=O) groups excluding carboxylic acids is 1. The van der Waals surface area contributed by atoms with Crippen molar-refractivity contribution in [1.82, 2.24) is 10.1 Å². The molecule has 0 bridgehead atoms. The minimum Gasteiger partial charge on any atom is -0.481 e. The average molecular weight is 295 g/mol. The molecule has 1 saturated heterocycles. The van der Waals surface area contributed by atoms with E-state index in [1.807, 2.05) is 20.8 Å². The number of carboxylic acids is 1. The van der Waals surface area contributed by atoms with Crippen molar-refractivity contribution in [3.05, 3.63) is 11.8 Å². The maximum Gasteiger partial charge on any atom is 0.326 e. The van der Waals surface area contributed by atoms with E-state index in [2.05, 4.69) is 5.16 Å². The maximum atomic E-state index is 12.3. The second-order valence-electron chi connectivity index (χ2n) is 6.41. The van der Waals surface area contributed by atoms with Crippen LogP contribution in [-0.2, 0) is 10.2 Å². The molecule has 0 aliphatic carbocycles. The molecule has 2 heterocycles. The third kappa shape index (κ3) is 3.17. The molecular weight excluding hydrogens is 274 g/mol. The van der Waals surface area contributed by atoms with Gasteiger partial charge >= 0.3 is 12.0 Å². The molecular formula is C14H21N3O4. The van der Waals surface area contributed by atoms with Gasteiger partial charge in [0.1, 0.15) is 0 Å². The van der Waals surface area contributed by atoms with E-state index in [9.17, 15) is 9.59 Å². The van der Waals surface area contributed by atoms with Gasteiger partial charge in [-0.3, -0.25) is 9.69 Å². The molecule has 116 valence electrons. The Morgan fingerprint density at radius 1 is 1.52 bits per heavy atom. The van der Waals surface area contributed by atoms with Crippen molar-refractivity contribution in [2.45, 2.75) is 45.1 Å². The molecule has 1 atom stereocenters. The first-order valence-corrected chi connectivity index (χ1v) is 6.93. The van der Waals surface area contributed by atoms with Gasteiger partial charge in [-0.25, -0.2) is 4.79 Å². The predicted octanol–water partition coefficient (Wildman–Crippen LogP) is 2.08. The quantitative estimate of drug-likeness (QED) is 0.922. The summed E-state index contributed by atoms with van der Waals surface area (Å²) in [5, 5.41) is 13.0. The second-order valence-corrected chi connectivity index (χ2v) is 6.41. The van der Waals surface area contributed by atoms with Gasteiger partial charge in [0, 0.05) is 25.1 Å². The Morgan fingerprint density at radius 3 is 2.71 bits per heavy atom. The van der Waals surface area contributed by atoms with Gasteiger partial charge in [0.25, 0.3) is 0 Å². The molecule has 1 fully saturated rings. The molecule has 1 N–H and O–H groups in total. The SMILES string of the molecule is CN1CCC(CC(=O)O)N(c2cc(C(C)(C)C)no2)C1=O. The van der Waals surface area contributed by atoms with Crippen molar-refractivity contribution in [3.8, 4) is 0 Å². The zero-order chi connectivity index (χ0) is 15.8. The molecule has 1 aliphatic heterocycles. The minimum absolute atomic E-state index is 0.106. The highest BCUT2D eigenvalue weighted by Crippen LogP contribution is 2.30. The van der Waals surface area contributed by atoms with Crippen LogP contribution in [0.25, 0.3) is 0 Å². The van der Waals surface area contributed by atoms with Crippen LogP contribution >= 0.6 is 0 Å². The third-order valence-corrected chi connectivity index (χ3v) is 3.61. The first kappa shape index (κ1) is 15.3. The van der Waals surface area contributed by atoms with Gasteiger partial charge in [0.15, 0.2) is 0 Å². The van der Waals surface area contributed by atoms with Crippen LogP contribution in [0.5, 0.6) is 0 Å². The highest BCUT2D eigenvalue weighted by atomic mass is 16.5. The highest BCUT2D eigenvalue weighted by Gasteiger charge is 2.36. The lowest BCUT2D eigenvalue weighted by Crippen LogP contribution is -2.53. The molecule has 0 radical (unpaired) electrons. The lowest BCUT2D eigenvalue weighted by molar-refractivity contribution is -0.137. The number of carbonyl (C=O) groups is 2. The topological polar surface area (TPSA) is 86.9 Å². The van der Waals surface area contributed by atoms with E-state index in [4.69, 9.17) is 9.63 Å². The summed E-state index contributed by atoms with van der Waals surface area (Å²) in [4.78, 5) is 26.3. The predicted molar refractivity (Wildman–Crippen MR) is 76.4 cm³/mol. The molecule has 0 spiro atoms. The number of aromatic nitrogens is 1. The van der Waals surface area contributed by atoms with Crippen LogP contribution in [0.3, 0.4) is 0 Å². The number of urea groups is 1. The molecule has 1 aliphatic rings. The Morgan fingerprint density at radius 2 is 2.19 bits per heavy atom. The summed E-state index contributed by atoms with van der Waals surface area (Å²) >= 11 is 0. The largest absolute Gasteiger partial charge is 0.481 e. The van der Waals surface area contributed by atoms with Crippen LogP contribution in [0.1, 0.15) is 39.3 Å². The molecule has 7 heteroatoms. The Labute approximate surface area is 123 Å². The molecule has 1 aromatic heterocycles. The standard InChI is InChI=1S/C14H21N3O4/c1-14(2,3)10-8-11(21-15-10)17-9(7-12(18)19)5-6-16(4)13(17)20/h8-9H,5-7H2,1-4H3,(H,18,19). The van der Waals surface area contributed by atoms with Crippen LogP contribution in [0, 0.1) is 0 Å². The van der Waals surface area contributed by atoms with Crippen molar-refractivity contribution in [2.24, 2.45) is 0 Å². The molecule has 0 saturated carbocycles. The molecule has 7 nitrogen and oxygen atoms in total. The molecule has 2 rings (SSSR count). The van der Waals surface area contributed by atoms with E-state index >= 15 is 0 Å². The smallest absolute Gasteiger partial charge is 0.326 e. The minimum atomic E-state index is -0.932. The van der Waals surface area contributed by atoms with Gasteiger partial charge in [-0.15, -0.1) is 0 Å². The van der Waals surface area contributed by atoms with Gasteiger partial charge in [-0.05, 0) is 6.42 Å². The number of aliphatic carboxylic acids is 1. The van der Waals surface area contributed by atoms with Crippen LogP contribution in [0.15, 0.2) is 10.6 Å². The van der Waals surface area contributed by atoms with E-state index in [0.29, 0.717) is 18.8 Å². The van der Waals surface area contributed by atoms with Crippen LogP contribution in [0.2, 0.25) is 0 Å². The first-order chi connectivity index (χ1) is 9.70. The lowest BCUT2D eigenvalue weighted by Gasteiger charge is -2.37. The van der Waals surface area contributed by atoms with Crippen molar-refractivity contribution < 1.29 is 19.2 Å². The number of hydrogen-bond donors (Lipinski definition) is 1. The third-order valence-electron chi connectivity index (χ3n) is 3.61. The molecule has 1 aromatic rings. The van der Waals surface area contributed by atoms with Gasteiger partial charge in [-0.1, -0.05) is 25.9 Å². The van der Waals surface area contributed by atoms with Crippen LogP contribution in [0.4, 0.5) is 10.7 Å². The highest BCUT2D eigenvalue weighted by molar-refractivity contribution is 5.92. The molecule has 1 unspecified atom stereocenters. The second kappa shape index (κ2) is 5.38. The summed E-state index contributed by atoms with van der Waals surface area (Å²) in [5.41, 5.74) is 0.530. The van der Waals surface area contributed by atoms with Gasteiger partial charge in [0.2, 0.25) is 5.88 Å². The van der Waals surface area contributed by atoms with E-state index in [0.717, 1.165) is 5.69 Å². The Kier molecular flexibility index (Phi) is 3.93. The fraction of sp³-hybridized carbons (Fsp3) is 0.643. The monoisotopic (exact) mass is 295 g/mol. The normalized spacial score (nSPS) is 20.0. The summed E-state index contributed by atoms with van der Waals surface area (Å²) in [6.45, 7) is 6.52. The lowest BCUT2D eigenvalue weighted by atomic mass is 9.92. The van der Waals surface area contributed by atoms with Crippen molar-refractivity contribution in [1.29, 1.82) is 0 Å². The van der Waals surface area contributed by atoms with Crippen molar-refractivity contribution in [2.75, 3.05) is 18.5 Å². The number of amides is 2. The van der Waals surface area contributed by atoms with E-state index in [1.165, 1.54) is 4.90 Å². The maximum absolute atomic E-state index is 12.3. The van der Waals surface area contributed by atoms with Gasteiger partial charge < -0.3 is 14.5 Å². The number of nitrogens with zero attached hydrogens (tertiary/aromatic N) is 3. The molecule has 21 heavy (non-hydrogen) atoms. The summed E-state index contributed by atoms with van der Waals surface area (Å²) in [6, 6.07) is 1.04. The van der Waals surface area contributed by atoms with E-state index in [-0.39, 0.29) is 17.9 Å². The zero-order valence-electron chi connectivity index (χ0n) is 12.8. The fourth-order valence-electron chi connectivity index (χ4n) is 2.31. The van der Waals surface area contributed by atoms with E-state index in [1.54, 1.807) is 18.0 Å². The average Bonchev–Trinajstić information content (AvgIpc) is 2.82. The zero-order valence-corrected chi connectivity index (χ0v) is 12.8. The van der Waals surface area contributed by atoms with Crippen molar-refractivity contribution >= 4 is 17.9 Å². The Hall–Kier alpha value is -2.05. The number of anilines is 1. The Balaban J connectivity index is 2.33. The Bertz CT molecular complexity index is 547. The summed E-state index contributed by atoms with van der Waals surface area (Å²) in [7, 11) is 1.69. The fourth-order valence-corrected chi connectivity index (χ4v) is 2.31. The molecule has 0 aromatic carbocycles. The summed E-state index contributed by atoms with van der Waals surface area (Å²) < 4.78 is 5.30. The van der Waals surface area contributed by atoms with E-state index < -0.39 is 12.0 Å². The number of rotatable bonds is 3. The van der Waals surface area contributed by atoms with Crippen LogP contribution < -0.4 is 4.90 Å².